The van der Waals surface area contributed by atoms with Gasteiger partial charge in [-0.15, -0.1) is 11.3 Å². The number of aryl methyl sites for hydroxylation is 1. The number of benzene rings is 1. The van der Waals surface area contributed by atoms with Gasteiger partial charge >= 0.3 is 0 Å². The normalized spacial score (nSPS) is 14.2. The first kappa shape index (κ1) is 17.1. The number of anilines is 1. The number of hydrogen-bond donors (Lipinski definition) is 1. The Morgan fingerprint density at radius 3 is 2.86 bits per heavy atom. The van der Waals surface area contributed by atoms with Crippen molar-refractivity contribution < 1.29 is 4.79 Å². The number of nitrogens with one attached hydrogen (secondary N) is 1. The maximum Gasteiger partial charge on any atom is 0.263 e. The van der Waals surface area contributed by atoms with Gasteiger partial charge in [0.2, 0.25) is 0 Å². The number of rotatable bonds is 2. The van der Waals surface area contributed by atoms with Crippen molar-refractivity contribution >= 4 is 43.9 Å². The van der Waals surface area contributed by atoms with Gasteiger partial charge in [-0.2, -0.15) is 0 Å². The SMILES string of the molecule is CCc1ccc(-c2ccc3c(ccc4sc5c(c43)N(C)CCNC5=O)n2)cn1. The van der Waals surface area contributed by atoms with Crippen LogP contribution in [-0.4, -0.2) is 36.0 Å². The minimum atomic E-state index is 0.0142. The van der Waals surface area contributed by atoms with Crippen molar-refractivity contribution in [3.05, 3.63) is 53.2 Å². The molecule has 3 aromatic heterocycles. The highest BCUT2D eigenvalue weighted by Gasteiger charge is 2.25. The van der Waals surface area contributed by atoms with Crippen LogP contribution in [-0.2, 0) is 6.42 Å². The fourth-order valence-corrected chi connectivity index (χ4v) is 4.96. The van der Waals surface area contributed by atoms with Crippen molar-refractivity contribution in [3.63, 3.8) is 0 Å². The van der Waals surface area contributed by atoms with Crippen LogP contribution >= 0.6 is 11.3 Å². The van der Waals surface area contributed by atoms with Gasteiger partial charge in [-0.05, 0) is 42.8 Å². The maximum absolute atomic E-state index is 12.5. The van der Waals surface area contributed by atoms with Gasteiger partial charge in [-0.1, -0.05) is 6.92 Å². The Morgan fingerprint density at radius 2 is 2.07 bits per heavy atom. The number of aromatic nitrogens is 2. The van der Waals surface area contributed by atoms with Gasteiger partial charge in [0.1, 0.15) is 4.88 Å². The molecule has 0 saturated heterocycles. The molecule has 4 aromatic rings. The number of carbonyl (C=O) groups excluding carboxylic acids is 1. The second kappa shape index (κ2) is 6.56. The van der Waals surface area contributed by atoms with Crippen LogP contribution < -0.4 is 10.2 Å². The van der Waals surface area contributed by atoms with E-state index >= 15 is 0 Å². The molecule has 0 radical (unpaired) electrons. The van der Waals surface area contributed by atoms with Crippen LogP contribution in [0.5, 0.6) is 0 Å². The Hall–Kier alpha value is -2.99. The lowest BCUT2D eigenvalue weighted by Gasteiger charge is -2.17. The lowest BCUT2D eigenvalue weighted by atomic mass is 10.1. The van der Waals surface area contributed by atoms with E-state index in [1.54, 1.807) is 11.3 Å². The zero-order valence-electron chi connectivity index (χ0n) is 15.8. The fourth-order valence-electron chi connectivity index (χ4n) is 3.78. The second-order valence-corrected chi connectivity index (χ2v) is 8.10. The van der Waals surface area contributed by atoms with Crippen LogP contribution in [0.1, 0.15) is 22.3 Å². The van der Waals surface area contributed by atoms with E-state index in [1.165, 1.54) is 0 Å². The Balaban J connectivity index is 1.71. The van der Waals surface area contributed by atoms with Gasteiger partial charge < -0.3 is 10.2 Å². The van der Waals surface area contributed by atoms with Crippen molar-refractivity contribution in [1.29, 1.82) is 0 Å². The zero-order valence-corrected chi connectivity index (χ0v) is 16.6. The number of nitrogens with zero attached hydrogens (tertiary/aromatic N) is 3. The number of hydrogen-bond acceptors (Lipinski definition) is 5. The molecule has 1 N–H and O–H groups in total. The molecule has 1 aromatic carbocycles. The molecule has 1 aliphatic rings. The summed E-state index contributed by atoms with van der Waals surface area (Å²) in [6.45, 7) is 3.55. The van der Waals surface area contributed by atoms with Crippen LogP contribution in [0.25, 0.3) is 32.2 Å². The predicted molar refractivity (Wildman–Crippen MR) is 115 cm³/mol. The van der Waals surface area contributed by atoms with Crippen LogP contribution in [0.15, 0.2) is 42.6 Å². The second-order valence-electron chi connectivity index (χ2n) is 7.05. The van der Waals surface area contributed by atoms with Crippen molar-refractivity contribution in [2.45, 2.75) is 13.3 Å². The lowest BCUT2D eigenvalue weighted by Crippen LogP contribution is -2.27. The molecule has 140 valence electrons. The highest BCUT2D eigenvalue weighted by molar-refractivity contribution is 7.21. The fraction of sp³-hybridized carbons (Fsp3) is 0.227. The Kier molecular flexibility index (Phi) is 4.02. The molecule has 0 fully saturated rings. The van der Waals surface area contributed by atoms with E-state index in [9.17, 15) is 4.79 Å². The third-order valence-electron chi connectivity index (χ3n) is 5.30. The zero-order chi connectivity index (χ0) is 19.3. The molecule has 5 nitrogen and oxygen atoms in total. The van der Waals surface area contributed by atoms with Gasteiger partial charge in [0.05, 0.1) is 16.9 Å². The predicted octanol–water partition coefficient (Wildman–Crippen LogP) is 4.25. The van der Waals surface area contributed by atoms with Crippen LogP contribution in [0.3, 0.4) is 0 Å². The van der Waals surface area contributed by atoms with Gasteiger partial charge in [0.25, 0.3) is 5.91 Å². The molecule has 4 heterocycles. The Bertz CT molecular complexity index is 1210. The van der Waals surface area contributed by atoms with Gasteiger partial charge in [0.15, 0.2) is 0 Å². The van der Waals surface area contributed by atoms with Crippen LogP contribution in [0.4, 0.5) is 5.69 Å². The lowest BCUT2D eigenvalue weighted by molar-refractivity contribution is 0.0962. The first-order valence-corrected chi connectivity index (χ1v) is 10.3. The summed E-state index contributed by atoms with van der Waals surface area (Å²) in [6.07, 6.45) is 2.81. The molecule has 0 aliphatic carbocycles. The molecule has 1 aliphatic heterocycles. The minimum absolute atomic E-state index is 0.0142. The van der Waals surface area contributed by atoms with Gasteiger partial charge in [0, 0.05) is 53.1 Å². The van der Waals surface area contributed by atoms with E-state index in [4.69, 9.17) is 4.98 Å². The highest BCUT2D eigenvalue weighted by atomic mass is 32.1. The first-order valence-electron chi connectivity index (χ1n) is 9.46. The molecule has 0 unspecified atom stereocenters. The van der Waals surface area contributed by atoms with E-state index in [-0.39, 0.29) is 5.91 Å². The third-order valence-corrected chi connectivity index (χ3v) is 6.44. The summed E-state index contributed by atoms with van der Waals surface area (Å²) < 4.78 is 1.12. The van der Waals surface area contributed by atoms with Gasteiger partial charge in [-0.3, -0.25) is 9.78 Å². The minimum Gasteiger partial charge on any atom is -0.371 e. The number of thiophene rings is 1. The number of carbonyl (C=O) groups is 1. The molecule has 0 spiro atoms. The first-order chi connectivity index (χ1) is 13.7. The summed E-state index contributed by atoms with van der Waals surface area (Å²) in [5.74, 6) is 0.0142. The van der Waals surface area contributed by atoms with E-state index in [1.807, 2.05) is 25.4 Å². The largest absolute Gasteiger partial charge is 0.371 e. The summed E-state index contributed by atoms with van der Waals surface area (Å²) in [6, 6.07) is 12.4. The summed E-state index contributed by atoms with van der Waals surface area (Å²) in [5, 5.41) is 5.19. The summed E-state index contributed by atoms with van der Waals surface area (Å²) in [5.41, 5.74) is 4.95. The summed E-state index contributed by atoms with van der Waals surface area (Å²) in [4.78, 5) is 24.8. The Morgan fingerprint density at radius 1 is 1.18 bits per heavy atom. The van der Waals surface area contributed by atoms with Crippen molar-refractivity contribution in [1.82, 2.24) is 15.3 Å². The average Bonchev–Trinajstić information content (AvgIpc) is 3.07. The van der Waals surface area contributed by atoms with Gasteiger partial charge in [-0.25, -0.2) is 4.98 Å². The molecule has 5 rings (SSSR count). The molecular weight excluding hydrogens is 368 g/mol. The van der Waals surface area contributed by atoms with Crippen LogP contribution in [0, 0.1) is 0 Å². The van der Waals surface area contributed by atoms with E-state index in [0.29, 0.717) is 6.54 Å². The quantitative estimate of drug-likeness (QED) is 0.558. The van der Waals surface area contributed by atoms with E-state index < -0.39 is 0 Å². The summed E-state index contributed by atoms with van der Waals surface area (Å²) in [7, 11) is 2.05. The highest BCUT2D eigenvalue weighted by Crippen LogP contribution is 2.42. The van der Waals surface area contributed by atoms with Crippen molar-refractivity contribution in [3.8, 4) is 11.3 Å². The molecule has 0 atom stereocenters. The molecule has 1 amide bonds. The van der Waals surface area contributed by atoms with Crippen molar-refractivity contribution in [2.24, 2.45) is 0 Å². The number of amides is 1. The molecule has 6 heteroatoms. The third kappa shape index (κ3) is 2.64. The number of pyridine rings is 2. The number of fused-ring (bicyclic) bond motifs is 5. The standard InChI is InChI=1S/C22H20N4OS/c1-3-14-5-4-13(12-24-14)16-7-6-15-17(25-16)8-9-18-19(15)20-21(28-18)22(27)23-10-11-26(20)2/h4-9,12H,3,10-11H2,1-2H3,(H,23,27). The van der Waals surface area contributed by atoms with Crippen molar-refractivity contribution in [2.75, 3.05) is 25.0 Å². The number of likely N-dealkylation sites (N-methyl/N-ethyl adjacent to an activating group) is 1. The van der Waals surface area contributed by atoms with Crippen LogP contribution in [0.2, 0.25) is 0 Å². The molecule has 28 heavy (non-hydrogen) atoms. The topological polar surface area (TPSA) is 58.1 Å². The van der Waals surface area contributed by atoms with E-state index in [2.05, 4.69) is 46.4 Å². The Labute approximate surface area is 167 Å². The average molecular weight is 388 g/mol. The summed E-state index contributed by atoms with van der Waals surface area (Å²) >= 11 is 1.55. The molecule has 0 saturated carbocycles. The monoisotopic (exact) mass is 388 g/mol. The molecular formula is C22H20N4OS. The maximum atomic E-state index is 12.5. The molecule has 0 bridgehead atoms. The van der Waals surface area contributed by atoms with E-state index in [0.717, 1.165) is 61.5 Å². The smallest absolute Gasteiger partial charge is 0.263 e.